The average Bonchev–Trinajstić information content (AvgIpc) is 3.45. The first-order chi connectivity index (χ1) is 18.7. The van der Waals surface area contributed by atoms with Gasteiger partial charge in [0.15, 0.2) is 5.58 Å². The van der Waals surface area contributed by atoms with Crippen molar-refractivity contribution in [3.8, 4) is 11.5 Å². The molecule has 3 aliphatic rings. The summed E-state index contributed by atoms with van der Waals surface area (Å²) in [6.45, 7) is 3.46. The molecule has 0 N–H and O–H groups in total. The quantitative estimate of drug-likeness (QED) is 0.382. The second kappa shape index (κ2) is 8.67. The molecule has 4 aromatic rings. The van der Waals surface area contributed by atoms with Crippen molar-refractivity contribution in [1.82, 2.24) is 19.7 Å². The highest BCUT2D eigenvalue weighted by molar-refractivity contribution is 5.99. The van der Waals surface area contributed by atoms with Crippen LogP contribution in [-0.4, -0.2) is 69.8 Å². The fourth-order valence-electron chi connectivity index (χ4n) is 5.60. The van der Waals surface area contributed by atoms with Crippen molar-refractivity contribution in [2.24, 2.45) is 0 Å². The number of carbonyl (C=O) groups is 2. The lowest BCUT2D eigenvalue weighted by Crippen LogP contribution is -2.70. The molecule has 3 aromatic carbocycles. The summed E-state index contributed by atoms with van der Waals surface area (Å²) in [5.74, 6) is 0.0312. The van der Waals surface area contributed by atoms with Gasteiger partial charge >= 0.3 is 6.18 Å². The van der Waals surface area contributed by atoms with Crippen molar-refractivity contribution in [1.29, 1.82) is 0 Å². The monoisotopic (exact) mass is 532 g/mol. The predicted molar refractivity (Wildman–Crippen MR) is 136 cm³/mol. The molecule has 2 fully saturated rings. The molecule has 4 heterocycles. The van der Waals surface area contributed by atoms with Gasteiger partial charge in [-0.3, -0.25) is 14.5 Å². The van der Waals surface area contributed by atoms with Gasteiger partial charge in [0.25, 0.3) is 11.8 Å². The van der Waals surface area contributed by atoms with Crippen molar-refractivity contribution >= 4 is 22.9 Å². The standard InChI is InChI=1S/C29H23F3N4O3/c30-29(31,32)20-6-3-5-17(10-20)26-33-24-9-8-18(11-25(24)39-26)27(37)35-13-21(14-35)34-15-22(16-34)36-12-19-4-1-2-7-23(19)28(36)38/h1-11,21-22H,12-16H2. The number of oxazole rings is 1. The molecule has 0 unspecified atom stereocenters. The number of hydrogen-bond donors (Lipinski definition) is 0. The lowest BCUT2D eigenvalue weighted by molar-refractivity contribution is -0.137. The smallest absolute Gasteiger partial charge is 0.416 e. The van der Waals surface area contributed by atoms with Gasteiger partial charge in [-0.05, 0) is 48.0 Å². The first-order valence-electron chi connectivity index (χ1n) is 12.7. The molecule has 2 amide bonds. The van der Waals surface area contributed by atoms with Gasteiger partial charge in [0.1, 0.15) is 5.52 Å². The fraction of sp³-hybridized carbons (Fsp3) is 0.276. The third-order valence-corrected chi connectivity index (χ3v) is 7.92. The zero-order chi connectivity index (χ0) is 26.9. The molecule has 3 aliphatic heterocycles. The van der Waals surface area contributed by atoms with E-state index in [2.05, 4.69) is 9.88 Å². The molecule has 0 bridgehead atoms. The molecule has 198 valence electrons. The lowest BCUT2D eigenvalue weighted by atomic mass is 9.98. The molecule has 0 aliphatic carbocycles. The van der Waals surface area contributed by atoms with E-state index in [0.29, 0.717) is 36.3 Å². The van der Waals surface area contributed by atoms with Crippen LogP contribution in [0.5, 0.6) is 0 Å². The van der Waals surface area contributed by atoms with Gasteiger partial charge in [-0.15, -0.1) is 0 Å². The number of carbonyl (C=O) groups excluding carboxylic acids is 2. The van der Waals surface area contributed by atoms with Crippen LogP contribution in [0.4, 0.5) is 13.2 Å². The van der Waals surface area contributed by atoms with Crippen LogP contribution in [-0.2, 0) is 12.7 Å². The largest absolute Gasteiger partial charge is 0.436 e. The van der Waals surface area contributed by atoms with Crippen molar-refractivity contribution in [3.63, 3.8) is 0 Å². The van der Waals surface area contributed by atoms with Crippen LogP contribution in [0.25, 0.3) is 22.6 Å². The van der Waals surface area contributed by atoms with Crippen LogP contribution in [0.3, 0.4) is 0 Å². The minimum Gasteiger partial charge on any atom is -0.436 e. The van der Waals surface area contributed by atoms with Crippen LogP contribution in [0, 0.1) is 0 Å². The van der Waals surface area contributed by atoms with E-state index in [1.807, 2.05) is 29.2 Å². The maximum atomic E-state index is 13.1. The first kappa shape index (κ1) is 23.9. The van der Waals surface area contributed by atoms with Gasteiger partial charge in [0.05, 0.1) is 11.6 Å². The summed E-state index contributed by atoms with van der Waals surface area (Å²) >= 11 is 0. The Hall–Kier alpha value is -4.18. The summed E-state index contributed by atoms with van der Waals surface area (Å²) in [7, 11) is 0. The molecule has 0 spiro atoms. The number of aromatic nitrogens is 1. The van der Waals surface area contributed by atoms with E-state index in [1.165, 1.54) is 12.1 Å². The summed E-state index contributed by atoms with van der Waals surface area (Å²) in [6, 6.07) is 17.9. The summed E-state index contributed by atoms with van der Waals surface area (Å²) in [5.41, 5.74) is 2.55. The molecular weight excluding hydrogens is 509 g/mol. The number of alkyl halides is 3. The Labute approximate surface area is 221 Å². The molecule has 1 aromatic heterocycles. The van der Waals surface area contributed by atoms with E-state index >= 15 is 0 Å². The molecule has 2 saturated heterocycles. The fourth-order valence-corrected chi connectivity index (χ4v) is 5.60. The van der Waals surface area contributed by atoms with E-state index in [4.69, 9.17) is 4.42 Å². The van der Waals surface area contributed by atoms with E-state index in [0.717, 1.165) is 36.3 Å². The van der Waals surface area contributed by atoms with Crippen LogP contribution in [0.2, 0.25) is 0 Å². The summed E-state index contributed by atoms with van der Waals surface area (Å²) in [4.78, 5) is 36.1. The van der Waals surface area contributed by atoms with E-state index in [1.54, 1.807) is 23.1 Å². The molecule has 10 heteroatoms. The summed E-state index contributed by atoms with van der Waals surface area (Å²) in [6.07, 6.45) is -4.47. The van der Waals surface area contributed by atoms with Gasteiger partial charge in [0, 0.05) is 55.5 Å². The van der Waals surface area contributed by atoms with Crippen molar-refractivity contribution < 1.29 is 27.2 Å². The van der Waals surface area contributed by atoms with Gasteiger partial charge in [0.2, 0.25) is 5.89 Å². The number of hydrogen-bond acceptors (Lipinski definition) is 5. The van der Waals surface area contributed by atoms with Gasteiger partial charge in [-0.2, -0.15) is 13.2 Å². The molecule has 7 rings (SSSR count). The third-order valence-electron chi connectivity index (χ3n) is 7.92. The lowest BCUT2D eigenvalue weighted by Gasteiger charge is -2.53. The molecule has 0 radical (unpaired) electrons. The average molecular weight is 533 g/mol. The summed E-state index contributed by atoms with van der Waals surface area (Å²) in [5, 5.41) is 0. The Morgan fingerprint density at radius 1 is 0.923 bits per heavy atom. The Morgan fingerprint density at radius 3 is 2.49 bits per heavy atom. The Balaban J connectivity index is 0.974. The van der Waals surface area contributed by atoms with Crippen LogP contribution in [0.1, 0.15) is 31.8 Å². The van der Waals surface area contributed by atoms with E-state index in [9.17, 15) is 22.8 Å². The predicted octanol–water partition coefficient (Wildman–Crippen LogP) is 4.68. The molecular formula is C29H23F3N4O3. The Bertz CT molecular complexity index is 1620. The zero-order valence-corrected chi connectivity index (χ0v) is 20.7. The topological polar surface area (TPSA) is 69.9 Å². The van der Waals surface area contributed by atoms with Crippen LogP contribution in [0.15, 0.2) is 71.1 Å². The maximum absolute atomic E-state index is 13.1. The SMILES string of the molecule is O=C(c1ccc2nc(-c3cccc(C(F)(F)F)c3)oc2c1)N1CC(N2CC(N3Cc4ccccc4C3=O)C2)C1. The van der Waals surface area contributed by atoms with Crippen molar-refractivity contribution in [2.75, 3.05) is 26.2 Å². The second-order valence-corrected chi connectivity index (χ2v) is 10.3. The highest BCUT2D eigenvalue weighted by Gasteiger charge is 2.45. The van der Waals surface area contributed by atoms with Crippen molar-refractivity contribution in [2.45, 2.75) is 24.8 Å². The zero-order valence-electron chi connectivity index (χ0n) is 20.7. The second-order valence-electron chi connectivity index (χ2n) is 10.3. The number of benzene rings is 3. The van der Waals surface area contributed by atoms with E-state index < -0.39 is 11.7 Å². The van der Waals surface area contributed by atoms with Crippen LogP contribution < -0.4 is 0 Å². The molecule has 0 saturated carbocycles. The number of rotatable bonds is 4. The van der Waals surface area contributed by atoms with E-state index in [-0.39, 0.29) is 35.4 Å². The first-order valence-corrected chi connectivity index (χ1v) is 12.7. The molecule has 0 atom stereocenters. The summed E-state index contributed by atoms with van der Waals surface area (Å²) < 4.78 is 45.0. The molecule has 7 nitrogen and oxygen atoms in total. The van der Waals surface area contributed by atoms with Gasteiger partial charge in [-0.25, -0.2) is 4.98 Å². The minimum absolute atomic E-state index is 0.0663. The number of amides is 2. The Kier molecular flexibility index (Phi) is 5.31. The van der Waals surface area contributed by atoms with Crippen molar-refractivity contribution in [3.05, 3.63) is 89.0 Å². The maximum Gasteiger partial charge on any atom is 0.416 e. The molecule has 39 heavy (non-hydrogen) atoms. The Morgan fingerprint density at radius 2 is 1.72 bits per heavy atom. The highest BCUT2D eigenvalue weighted by atomic mass is 19.4. The normalized spacial score (nSPS) is 18.4. The number of likely N-dealkylation sites (tertiary alicyclic amines) is 2. The van der Waals surface area contributed by atoms with Gasteiger partial charge in [-0.1, -0.05) is 24.3 Å². The minimum atomic E-state index is -4.47. The highest BCUT2D eigenvalue weighted by Crippen LogP contribution is 2.34. The number of nitrogens with zero attached hydrogens (tertiary/aromatic N) is 4. The third kappa shape index (κ3) is 4.06. The van der Waals surface area contributed by atoms with Crippen LogP contribution >= 0.6 is 0 Å². The van der Waals surface area contributed by atoms with Gasteiger partial charge < -0.3 is 14.2 Å². The number of fused-ring (bicyclic) bond motifs is 2. The number of halogens is 3.